The molecule has 1 N–H and O–H groups in total. The molecule has 0 fully saturated rings. The molecule has 0 heterocycles. The lowest BCUT2D eigenvalue weighted by Crippen LogP contribution is -2.10. The van der Waals surface area contributed by atoms with E-state index in [1.807, 2.05) is 0 Å². The van der Waals surface area contributed by atoms with Crippen LogP contribution in [0.4, 0.5) is 5.69 Å². The van der Waals surface area contributed by atoms with Crippen LogP contribution in [0.5, 0.6) is 0 Å². The molecule has 0 spiro atoms. The third-order valence-corrected chi connectivity index (χ3v) is 3.69. The van der Waals surface area contributed by atoms with E-state index in [0.29, 0.717) is 6.04 Å². The summed E-state index contributed by atoms with van der Waals surface area (Å²) in [5.41, 5.74) is 3.89. The van der Waals surface area contributed by atoms with Gasteiger partial charge >= 0.3 is 0 Å². The monoisotopic (exact) mass is 267 g/mol. The Bertz CT molecular complexity index is 487. The summed E-state index contributed by atoms with van der Waals surface area (Å²) in [7, 11) is 0. The SMILES string of the molecule is CCCCCC(Nc1ccc(C)cc1)c1ccccc1. The molecule has 2 aromatic carbocycles. The molecular formula is C19H25N. The normalized spacial score (nSPS) is 12.1. The summed E-state index contributed by atoms with van der Waals surface area (Å²) in [4.78, 5) is 0. The Morgan fingerprint density at radius 1 is 0.900 bits per heavy atom. The molecule has 0 saturated heterocycles. The predicted molar refractivity (Wildman–Crippen MR) is 88.1 cm³/mol. The van der Waals surface area contributed by atoms with Crippen molar-refractivity contribution in [3.05, 3.63) is 65.7 Å². The molecule has 1 atom stereocenters. The fourth-order valence-corrected chi connectivity index (χ4v) is 2.46. The van der Waals surface area contributed by atoms with Crippen LogP contribution in [0.25, 0.3) is 0 Å². The second-order valence-corrected chi connectivity index (χ2v) is 5.47. The molecule has 0 saturated carbocycles. The number of benzene rings is 2. The van der Waals surface area contributed by atoms with Gasteiger partial charge in [0.25, 0.3) is 0 Å². The molecule has 1 heteroatoms. The summed E-state index contributed by atoms with van der Waals surface area (Å²) in [6, 6.07) is 19.8. The largest absolute Gasteiger partial charge is 0.378 e. The Labute approximate surface area is 123 Å². The third kappa shape index (κ3) is 4.41. The van der Waals surface area contributed by atoms with Gasteiger partial charge in [0.05, 0.1) is 6.04 Å². The lowest BCUT2D eigenvalue weighted by atomic mass is 10.00. The van der Waals surface area contributed by atoms with E-state index in [-0.39, 0.29) is 0 Å². The van der Waals surface area contributed by atoms with Gasteiger partial charge in [0.15, 0.2) is 0 Å². The van der Waals surface area contributed by atoms with Crippen molar-refractivity contribution in [2.45, 2.75) is 45.6 Å². The standard InChI is InChI=1S/C19H25N/c1-3-4-6-11-19(17-9-7-5-8-10-17)20-18-14-12-16(2)13-15-18/h5,7-10,12-15,19-20H,3-4,6,11H2,1-2H3. The van der Waals surface area contributed by atoms with Gasteiger partial charge < -0.3 is 5.32 Å². The Morgan fingerprint density at radius 3 is 2.25 bits per heavy atom. The molecular weight excluding hydrogens is 242 g/mol. The number of hydrogen-bond donors (Lipinski definition) is 1. The first kappa shape index (κ1) is 14.6. The average molecular weight is 267 g/mol. The summed E-state index contributed by atoms with van der Waals surface area (Å²) < 4.78 is 0. The average Bonchev–Trinajstić information content (AvgIpc) is 2.49. The molecule has 1 unspecified atom stereocenters. The molecule has 1 nitrogen and oxygen atoms in total. The molecule has 2 rings (SSSR count). The van der Waals surface area contributed by atoms with Gasteiger partial charge in [-0.3, -0.25) is 0 Å². The van der Waals surface area contributed by atoms with Gasteiger partial charge in [-0.15, -0.1) is 0 Å². The van der Waals surface area contributed by atoms with Crippen LogP contribution in [0.1, 0.15) is 49.8 Å². The molecule has 0 aromatic heterocycles. The Morgan fingerprint density at radius 2 is 1.60 bits per heavy atom. The maximum atomic E-state index is 3.68. The van der Waals surface area contributed by atoms with Crippen molar-refractivity contribution in [2.24, 2.45) is 0 Å². The van der Waals surface area contributed by atoms with Crippen LogP contribution >= 0.6 is 0 Å². The fraction of sp³-hybridized carbons (Fsp3) is 0.368. The van der Waals surface area contributed by atoms with Crippen LogP contribution in [0.2, 0.25) is 0 Å². The van der Waals surface area contributed by atoms with E-state index in [4.69, 9.17) is 0 Å². The van der Waals surface area contributed by atoms with E-state index in [0.717, 1.165) is 0 Å². The predicted octanol–water partition coefficient (Wildman–Crippen LogP) is 5.73. The molecule has 20 heavy (non-hydrogen) atoms. The van der Waals surface area contributed by atoms with Crippen LogP contribution < -0.4 is 5.32 Å². The minimum Gasteiger partial charge on any atom is -0.378 e. The first-order chi connectivity index (χ1) is 9.79. The van der Waals surface area contributed by atoms with E-state index >= 15 is 0 Å². The topological polar surface area (TPSA) is 12.0 Å². The third-order valence-electron chi connectivity index (χ3n) is 3.69. The van der Waals surface area contributed by atoms with E-state index < -0.39 is 0 Å². The van der Waals surface area contributed by atoms with Gasteiger partial charge in [-0.05, 0) is 31.0 Å². The highest BCUT2D eigenvalue weighted by Gasteiger charge is 2.10. The molecule has 2 aromatic rings. The first-order valence-corrected chi connectivity index (χ1v) is 7.67. The Balaban J connectivity index is 2.07. The molecule has 0 bridgehead atoms. The summed E-state index contributed by atoms with van der Waals surface area (Å²) in [6.45, 7) is 4.38. The van der Waals surface area contributed by atoms with Crippen LogP contribution in [0.15, 0.2) is 54.6 Å². The highest BCUT2D eigenvalue weighted by molar-refractivity contribution is 5.46. The number of anilines is 1. The number of nitrogens with one attached hydrogen (secondary N) is 1. The van der Waals surface area contributed by atoms with Crippen LogP contribution in [-0.2, 0) is 0 Å². The van der Waals surface area contributed by atoms with E-state index in [1.165, 1.54) is 42.5 Å². The quantitative estimate of drug-likeness (QED) is 0.632. The second-order valence-electron chi connectivity index (χ2n) is 5.47. The zero-order chi connectivity index (χ0) is 14.2. The van der Waals surface area contributed by atoms with Gasteiger partial charge in [-0.2, -0.15) is 0 Å². The highest BCUT2D eigenvalue weighted by atomic mass is 14.9. The molecule has 0 radical (unpaired) electrons. The maximum absolute atomic E-state index is 3.68. The van der Waals surface area contributed by atoms with Crippen molar-refractivity contribution in [3.63, 3.8) is 0 Å². The lowest BCUT2D eigenvalue weighted by Gasteiger charge is -2.20. The summed E-state index contributed by atoms with van der Waals surface area (Å²) in [5, 5.41) is 3.68. The second kappa shape index (κ2) is 7.74. The van der Waals surface area contributed by atoms with Crippen molar-refractivity contribution >= 4 is 5.69 Å². The molecule has 106 valence electrons. The summed E-state index contributed by atoms with van der Waals surface area (Å²) >= 11 is 0. The minimum absolute atomic E-state index is 0.408. The lowest BCUT2D eigenvalue weighted by molar-refractivity contribution is 0.606. The van der Waals surface area contributed by atoms with Crippen molar-refractivity contribution in [1.29, 1.82) is 0 Å². The summed E-state index contributed by atoms with van der Waals surface area (Å²) in [6.07, 6.45) is 5.03. The van der Waals surface area contributed by atoms with Crippen molar-refractivity contribution in [1.82, 2.24) is 0 Å². The summed E-state index contributed by atoms with van der Waals surface area (Å²) in [5.74, 6) is 0. The van der Waals surface area contributed by atoms with E-state index in [9.17, 15) is 0 Å². The molecule has 0 aliphatic heterocycles. The highest BCUT2D eigenvalue weighted by Crippen LogP contribution is 2.25. The van der Waals surface area contributed by atoms with Crippen molar-refractivity contribution < 1.29 is 0 Å². The molecule has 0 amide bonds. The van der Waals surface area contributed by atoms with Crippen LogP contribution in [0.3, 0.4) is 0 Å². The van der Waals surface area contributed by atoms with Gasteiger partial charge in [0.2, 0.25) is 0 Å². The minimum atomic E-state index is 0.408. The molecule has 0 aliphatic rings. The van der Waals surface area contributed by atoms with E-state index in [2.05, 4.69) is 73.8 Å². The van der Waals surface area contributed by atoms with Crippen molar-refractivity contribution in [3.8, 4) is 0 Å². The maximum Gasteiger partial charge on any atom is 0.0513 e. The first-order valence-electron chi connectivity index (χ1n) is 7.67. The Kier molecular flexibility index (Phi) is 5.67. The van der Waals surface area contributed by atoms with E-state index in [1.54, 1.807) is 0 Å². The van der Waals surface area contributed by atoms with Crippen LogP contribution in [-0.4, -0.2) is 0 Å². The van der Waals surface area contributed by atoms with Crippen molar-refractivity contribution in [2.75, 3.05) is 5.32 Å². The number of aryl methyl sites for hydroxylation is 1. The van der Waals surface area contributed by atoms with Gasteiger partial charge in [0.1, 0.15) is 0 Å². The fourth-order valence-electron chi connectivity index (χ4n) is 2.46. The van der Waals surface area contributed by atoms with Gasteiger partial charge in [-0.1, -0.05) is 74.2 Å². The zero-order valence-corrected chi connectivity index (χ0v) is 12.6. The van der Waals surface area contributed by atoms with Crippen LogP contribution in [0, 0.1) is 6.92 Å². The zero-order valence-electron chi connectivity index (χ0n) is 12.6. The number of unbranched alkanes of at least 4 members (excludes halogenated alkanes) is 2. The van der Waals surface area contributed by atoms with Gasteiger partial charge in [-0.25, -0.2) is 0 Å². The van der Waals surface area contributed by atoms with Gasteiger partial charge in [0, 0.05) is 5.69 Å². The number of hydrogen-bond acceptors (Lipinski definition) is 1. The smallest absolute Gasteiger partial charge is 0.0513 e. The number of rotatable bonds is 7. The molecule has 0 aliphatic carbocycles. The Hall–Kier alpha value is -1.76.